The Hall–Kier alpha value is -2.28. The average Bonchev–Trinajstić information content (AvgIpc) is 3.09. The Balaban J connectivity index is 2.17. The van der Waals surface area contributed by atoms with E-state index in [1.807, 2.05) is 0 Å². The first kappa shape index (κ1) is 17.5. The molecule has 0 spiro atoms. The lowest BCUT2D eigenvalue weighted by molar-refractivity contribution is -0.734. The molecule has 1 aromatic carbocycles. The van der Waals surface area contributed by atoms with Gasteiger partial charge in [0.15, 0.2) is 0 Å². The number of quaternary nitrogens is 1. The number of carbonyl (C=O) groups excluding carboxylic acids is 3. The predicted molar refractivity (Wildman–Crippen MR) is 85.5 cm³/mol. The molecular formula is C18H22FN2O4+. The second kappa shape index (κ2) is 6.22. The number of nitrogens with two attached hydrogens (primary N) is 1. The number of benzene rings is 1. The number of carbonyl (C=O) groups is 3. The van der Waals surface area contributed by atoms with Crippen molar-refractivity contribution < 1.29 is 28.8 Å². The van der Waals surface area contributed by atoms with Gasteiger partial charge in [-0.1, -0.05) is 25.1 Å². The lowest BCUT2D eigenvalue weighted by atomic mass is 9.78. The first-order chi connectivity index (χ1) is 11.9. The van der Waals surface area contributed by atoms with Gasteiger partial charge in [-0.2, -0.15) is 0 Å². The molecule has 25 heavy (non-hydrogen) atoms. The number of likely N-dealkylation sites (tertiary alicyclic amines) is 1. The number of esters is 1. The van der Waals surface area contributed by atoms with Crippen LogP contribution >= 0.6 is 0 Å². The van der Waals surface area contributed by atoms with Crippen LogP contribution in [0.2, 0.25) is 0 Å². The summed E-state index contributed by atoms with van der Waals surface area (Å²) in [6, 6.07) is 5.53. The minimum Gasteiger partial charge on any atom is -0.464 e. The van der Waals surface area contributed by atoms with Crippen LogP contribution in [0.25, 0.3) is 0 Å². The van der Waals surface area contributed by atoms with E-state index in [9.17, 15) is 18.8 Å². The van der Waals surface area contributed by atoms with Gasteiger partial charge in [-0.05, 0) is 13.0 Å². The molecule has 2 heterocycles. The summed E-state index contributed by atoms with van der Waals surface area (Å²) in [4.78, 5) is 39.5. The van der Waals surface area contributed by atoms with E-state index in [0.29, 0.717) is 12.0 Å². The monoisotopic (exact) mass is 349 g/mol. The maximum atomic E-state index is 14.4. The zero-order valence-corrected chi connectivity index (χ0v) is 14.5. The molecule has 1 aromatic rings. The second-order valence-corrected chi connectivity index (χ2v) is 6.52. The average molecular weight is 349 g/mol. The van der Waals surface area contributed by atoms with Crippen LogP contribution in [-0.2, 0) is 19.1 Å². The molecule has 0 aromatic heterocycles. The minimum absolute atomic E-state index is 0.232. The molecule has 0 saturated carbocycles. The van der Waals surface area contributed by atoms with Crippen molar-refractivity contribution in [3.63, 3.8) is 0 Å². The van der Waals surface area contributed by atoms with Gasteiger partial charge in [0.25, 0.3) is 0 Å². The van der Waals surface area contributed by atoms with E-state index in [2.05, 4.69) is 0 Å². The standard InChI is InChI=1S/C18H21FN2O4/c1-4-18(17(24)25-3)13-12(15(22)21(5-2)16(13)23)14(20-18)10-8-6-7-9-11(10)19/h6-9,12-14,20H,4-5H2,1-3H3/p+1/t12-,13+,14-,18-/m0/s1. The van der Waals surface area contributed by atoms with Crippen molar-refractivity contribution >= 4 is 17.8 Å². The quantitative estimate of drug-likeness (QED) is 0.630. The van der Waals surface area contributed by atoms with Gasteiger partial charge in [0.1, 0.15) is 23.7 Å². The molecule has 2 aliphatic heterocycles. The Morgan fingerprint density at radius 3 is 2.52 bits per heavy atom. The Labute approximate surface area is 145 Å². The number of imide groups is 1. The number of rotatable bonds is 4. The lowest BCUT2D eigenvalue weighted by Gasteiger charge is -2.28. The molecule has 7 heteroatoms. The third-order valence-electron chi connectivity index (χ3n) is 5.59. The number of amides is 2. The summed E-state index contributed by atoms with van der Waals surface area (Å²) in [7, 11) is 1.26. The number of nitrogens with zero attached hydrogens (tertiary/aromatic N) is 1. The zero-order valence-electron chi connectivity index (χ0n) is 14.5. The van der Waals surface area contributed by atoms with Gasteiger partial charge in [-0.3, -0.25) is 14.5 Å². The second-order valence-electron chi connectivity index (χ2n) is 6.52. The highest BCUT2D eigenvalue weighted by Crippen LogP contribution is 2.45. The largest absolute Gasteiger partial charge is 0.464 e. The summed E-state index contributed by atoms with van der Waals surface area (Å²) < 4.78 is 19.4. The molecule has 2 fully saturated rings. The number of fused-ring (bicyclic) bond motifs is 1. The van der Waals surface area contributed by atoms with Gasteiger partial charge < -0.3 is 10.1 Å². The smallest absolute Gasteiger partial charge is 0.368 e. The van der Waals surface area contributed by atoms with Gasteiger partial charge >= 0.3 is 5.97 Å². The van der Waals surface area contributed by atoms with E-state index < -0.39 is 35.2 Å². The number of halogens is 1. The molecule has 4 atom stereocenters. The summed E-state index contributed by atoms with van der Waals surface area (Å²) in [5.41, 5.74) is -0.890. The van der Waals surface area contributed by atoms with Crippen LogP contribution in [0.1, 0.15) is 31.9 Å². The minimum atomic E-state index is -1.22. The fourth-order valence-corrected chi connectivity index (χ4v) is 4.39. The molecule has 3 rings (SSSR count). The first-order valence-electron chi connectivity index (χ1n) is 8.47. The summed E-state index contributed by atoms with van der Waals surface area (Å²) in [5, 5.41) is 1.66. The molecule has 2 saturated heterocycles. The Bertz CT molecular complexity index is 738. The maximum Gasteiger partial charge on any atom is 0.368 e. The topological polar surface area (TPSA) is 80.3 Å². The van der Waals surface area contributed by atoms with Crippen LogP contribution in [0.3, 0.4) is 0 Å². The molecule has 2 amide bonds. The van der Waals surface area contributed by atoms with E-state index in [0.717, 1.165) is 0 Å². The highest BCUT2D eigenvalue weighted by Gasteiger charge is 2.71. The summed E-state index contributed by atoms with van der Waals surface area (Å²) in [6.45, 7) is 3.72. The van der Waals surface area contributed by atoms with Crippen molar-refractivity contribution in [2.24, 2.45) is 11.8 Å². The number of hydrogen-bond donors (Lipinski definition) is 1. The van der Waals surface area contributed by atoms with Crippen molar-refractivity contribution in [3.8, 4) is 0 Å². The molecular weight excluding hydrogens is 327 g/mol. The summed E-state index contributed by atoms with van der Waals surface area (Å²) in [6.07, 6.45) is 0.308. The zero-order chi connectivity index (χ0) is 18.4. The van der Waals surface area contributed by atoms with Crippen LogP contribution in [0.15, 0.2) is 24.3 Å². The third-order valence-corrected chi connectivity index (χ3v) is 5.59. The van der Waals surface area contributed by atoms with E-state index in [1.54, 1.807) is 37.4 Å². The predicted octanol–water partition coefficient (Wildman–Crippen LogP) is 0.387. The van der Waals surface area contributed by atoms with Gasteiger partial charge in [0.2, 0.25) is 17.4 Å². The fourth-order valence-electron chi connectivity index (χ4n) is 4.39. The fraction of sp³-hybridized carbons (Fsp3) is 0.500. The number of ether oxygens (including phenoxy) is 1. The first-order valence-corrected chi connectivity index (χ1v) is 8.47. The van der Waals surface area contributed by atoms with Crippen LogP contribution in [-0.4, -0.2) is 41.9 Å². The number of methoxy groups -OCH3 is 1. The molecule has 0 radical (unpaired) electrons. The molecule has 2 N–H and O–H groups in total. The van der Waals surface area contributed by atoms with Gasteiger partial charge in [-0.15, -0.1) is 0 Å². The van der Waals surface area contributed by atoms with Crippen molar-refractivity contribution in [1.29, 1.82) is 0 Å². The molecule has 6 nitrogen and oxygen atoms in total. The van der Waals surface area contributed by atoms with Crippen molar-refractivity contribution in [3.05, 3.63) is 35.6 Å². The van der Waals surface area contributed by atoms with E-state index >= 15 is 0 Å². The van der Waals surface area contributed by atoms with Crippen LogP contribution < -0.4 is 5.32 Å². The van der Waals surface area contributed by atoms with E-state index in [-0.39, 0.29) is 18.4 Å². The van der Waals surface area contributed by atoms with Gasteiger partial charge in [0, 0.05) is 18.5 Å². The van der Waals surface area contributed by atoms with Gasteiger partial charge in [-0.25, -0.2) is 9.18 Å². The Morgan fingerprint density at radius 2 is 1.96 bits per heavy atom. The van der Waals surface area contributed by atoms with E-state index in [1.165, 1.54) is 18.1 Å². The maximum absolute atomic E-state index is 14.4. The summed E-state index contributed by atoms with van der Waals surface area (Å²) in [5.74, 6) is -3.34. The normalized spacial score (nSPS) is 31.4. The highest BCUT2D eigenvalue weighted by atomic mass is 19.1. The molecule has 2 aliphatic rings. The van der Waals surface area contributed by atoms with Crippen molar-refractivity contribution in [1.82, 2.24) is 4.90 Å². The SMILES string of the molecule is CCN1C(=O)[C@@H]2[C@H](c3ccccc3F)[NH2+][C@](CC)(C(=O)OC)[C@H]2C1=O. The van der Waals surface area contributed by atoms with E-state index in [4.69, 9.17) is 4.74 Å². The summed E-state index contributed by atoms with van der Waals surface area (Å²) >= 11 is 0. The van der Waals surface area contributed by atoms with Crippen molar-refractivity contribution in [2.75, 3.05) is 13.7 Å². The van der Waals surface area contributed by atoms with Crippen molar-refractivity contribution in [2.45, 2.75) is 31.8 Å². The molecule has 0 bridgehead atoms. The third kappa shape index (κ3) is 2.29. The van der Waals surface area contributed by atoms with Crippen LogP contribution in [0, 0.1) is 17.7 Å². The lowest BCUT2D eigenvalue weighted by Crippen LogP contribution is -2.98. The number of hydrogen-bond acceptors (Lipinski definition) is 4. The van der Waals surface area contributed by atoms with Gasteiger partial charge in [0.05, 0.1) is 7.11 Å². The highest BCUT2D eigenvalue weighted by molar-refractivity contribution is 6.08. The Kier molecular flexibility index (Phi) is 4.36. The Morgan fingerprint density at radius 1 is 1.28 bits per heavy atom. The van der Waals surface area contributed by atoms with Crippen LogP contribution in [0.5, 0.6) is 0 Å². The van der Waals surface area contributed by atoms with Crippen LogP contribution in [0.4, 0.5) is 4.39 Å². The molecule has 0 unspecified atom stereocenters. The molecule has 134 valence electrons. The molecule has 0 aliphatic carbocycles.